The maximum atomic E-state index is 12.4. The van der Waals surface area contributed by atoms with Crippen molar-refractivity contribution in [2.24, 2.45) is 5.73 Å². The van der Waals surface area contributed by atoms with E-state index >= 15 is 0 Å². The first-order valence-electron chi connectivity index (χ1n) is 8.54. The highest BCUT2D eigenvalue weighted by molar-refractivity contribution is 5.97. The van der Waals surface area contributed by atoms with Crippen molar-refractivity contribution in [3.05, 3.63) is 41.1 Å². The summed E-state index contributed by atoms with van der Waals surface area (Å²) in [5, 5.41) is 12.0. The Morgan fingerprint density at radius 2 is 2.23 bits per heavy atom. The van der Waals surface area contributed by atoms with Crippen molar-refractivity contribution >= 4 is 12.3 Å². The molecule has 1 rings (SSSR count). The summed E-state index contributed by atoms with van der Waals surface area (Å²) in [7, 11) is 0. The van der Waals surface area contributed by atoms with Crippen LogP contribution >= 0.6 is 0 Å². The van der Waals surface area contributed by atoms with Crippen LogP contribution in [0.3, 0.4) is 0 Å². The van der Waals surface area contributed by atoms with Crippen LogP contribution in [-0.2, 0) is 9.59 Å². The predicted molar refractivity (Wildman–Crippen MR) is 99.0 cm³/mol. The van der Waals surface area contributed by atoms with Gasteiger partial charge in [0.15, 0.2) is 0 Å². The summed E-state index contributed by atoms with van der Waals surface area (Å²) in [5.74, 6) is 0.134. The molecule has 0 aromatic heterocycles. The van der Waals surface area contributed by atoms with Gasteiger partial charge in [0, 0.05) is 18.3 Å². The van der Waals surface area contributed by atoms with Crippen molar-refractivity contribution in [2.75, 3.05) is 19.7 Å². The number of nitrogens with zero attached hydrogens (tertiary/aromatic N) is 2. The van der Waals surface area contributed by atoms with Gasteiger partial charge in [0.25, 0.3) is 5.91 Å². The van der Waals surface area contributed by atoms with Crippen LogP contribution in [0.4, 0.5) is 0 Å². The number of benzene rings is 1. The zero-order valence-corrected chi connectivity index (χ0v) is 15.5. The first kappa shape index (κ1) is 21.2. The van der Waals surface area contributed by atoms with Gasteiger partial charge in [-0.3, -0.25) is 9.59 Å². The lowest BCUT2D eigenvalue weighted by atomic mass is 10.0. The van der Waals surface area contributed by atoms with Crippen LogP contribution in [0, 0.1) is 18.3 Å². The van der Waals surface area contributed by atoms with Gasteiger partial charge in [-0.25, -0.2) is 0 Å². The van der Waals surface area contributed by atoms with Gasteiger partial charge in [-0.2, -0.15) is 5.26 Å². The molecule has 0 heterocycles. The largest absolute Gasteiger partial charge is 0.494 e. The molecule has 0 fully saturated rings. The summed E-state index contributed by atoms with van der Waals surface area (Å²) in [4.78, 5) is 24.7. The van der Waals surface area contributed by atoms with Crippen LogP contribution in [0.1, 0.15) is 37.4 Å². The van der Waals surface area contributed by atoms with Crippen LogP contribution < -0.4 is 15.8 Å². The molecular formula is C19H26N4O3. The Morgan fingerprint density at radius 1 is 1.50 bits per heavy atom. The second-order valence-electron chi connectivity index (χ2n) is 5.81. The van der Waals surface area contributed by atoms with Crippen molar-refractivity contribution in [3.63, 3.8) is 0 Å². The monoisotopic (exact) mass is 358 g/mol. The molecule has 1 atom stereocenters. The number of ether oxygens (including phenoxy) is 1. The highest BCUT2D eigenvalue weighted by Crippen LogP contribution is 2.26. The Bertz CT molecular complexity index is 695. The summed E-state index contributed by atoms with van der Waals surface area (Å²) in [5.41, 5.74) is 7.13. The van der Waals surface area contributed by atoms with E-state index in [2.05, 4.69) is 5.32 Å². The summed E-state index contributed by atoms with van der Waals surface area (Å²) < 4.78 is 5.61. The SMILES string of the molecule is CCOc1ccc(C)cc1C(C)NC(=O)/C(C#N)=C\N(C=O)CCCN. The van der Waals surface area contributed by atoms with Crippen molar-refractivity contribution < 1.29 is 14.3 Å². The number of nitrogens with two attached hydrogens (primary N) is 1. The molecule has 0 aliphatic carbocycles. The van der Waals surface area contributed by atoms with Crippen LogP contribution in [0.5, 0.6) is 5.75 Å². The van der Waals surface area contributed by atoms with E-state index in [-0.39, 0.29) is 11.6 Å². The van der Waals surface area contributed by atoms with Crippen molar-refractivity contribution in [1.29, 1.82) is 5.26 Å². The maximum Gasteiger partial charge on any atom is 0.263 e. The number of nitrogens with one attached hydrogen (secondary N) is 1. The van der Waals surface area contributed by atoms with E-state index in [1.807, 2.05) is 45.0 Å². The molecule has 2 amide bonds. The van der Waals surface area contributed by atoms with Gasteiger partial charge in [-0.1, -0.05) is 17.7 Å². The van der Waals surface area contributed by atoms with Crippen molar-refractivity contribution in [1.82, 2.24) is 10.2 Å². The molecule has 7 nitrogen and oxygen atoms in total. The van der Waals surface area contributed by atoms with Gasteiger partial charge < -0.3 is 20.7 Å². The average molecular weight is 358 g/mol. The average Bonchev–Trinajstić information content (AvgIpc) is 2.63. The fourth-order valence-corrected chi connectivity index (χ4v) is 2.37. The Hall–Kier alpha value is -2.85. The van der Waals surface area contributed by atoms with Gasteiger partial charge in [-0.15, -0.1) is 0 Å². The lowest BCUT2D eigenvalue weighted by Gasteiger charge is -2.19. The zero-order chi connectivity index (χ0) is 19.5. The van der Waals surface area contributed by atoms with E-state index in [0.717, 1.165) is 11.1 Å². The van der Waals surface area contributed by atoms with Gasteiger partial charge in [0.2, 0.25) is 6.41 Å². The minimum atomic E-state index is -0.552. The second kappa shape index (κ2) is 10.9. The van der Waals surface area contributed by atoms with E-state index in [9.17, 15) is 14.9 Å². The molecule has 0 aliphatic heterocycles. The van der Waals surface area contributed by atoms with Crippen LogP contribution in [-0.4, -0.2) is 36.9 Å². The summed E-state index contributed by atoms with van der Waals surface area (Å²) in [6.07, 6.45) is 2.38. The molecule has 1 aromatic carbocycles. The van der Waals surface area contributed by atoms with Gasteiger partial charge in [-0.05, 0) is 39.8 Å². The summed E-state index contributed by atoms with van der Waals surface area (Å²) >= 11 is 0. The molecule has 140 valence electrons. The normalized spacial score (nSPS) is 12.0. The van der Waals surface area contributed by atoms with Crippen LogP contribution in [0.25, 0.3) is 0 Å². The number of amides is 2. The Labute approximate surface area is 154 Å². The summed E-state index contributed by atoms with van der Waals surface area (Å²) in [6.45, 7) is 6.93. The van der Waals surface area contributed by atoms with E-state index in [0.29, 0.717) is 38.3 Å². The molecule has 0 aliphatic rings. The number of hydrogen-bond donors (Lipinski definition) is 2. The minimum Gasteiger partial charge on any atom is -0.494 e. The van der Waals surface area contributed by atoms with Gasteiger partial charge >= 0.3 is 0 Å². The molecule has 0 bridgehead atoms. The molecular weight excluding hydrogens is 332 g/mol. The number of hydrogen-bond acceptors (Lipinski definition) is 5. The number of nitriles is 1. The number of rotatable bonds is 10. The maximum absolute atomic E-state index is 12.4. The number of carbonyl (C=O) groups excluding carboxylic acids is 2. The fraction of sp³-hybridized carbons (Fsp3) is 0.421. The minimum absolute atomic E-state index is 0.147. The Balaban J connectivity index is 2.95. The lowest BCUT2D eigenvalue weighted by molar-refractivity contribution is -0.117. The number of aryl methyl sites for hydroxylation is 1. The Kier molecular flexibility index (Phi) is 8.88. The fourth-order valence-electron chi connectivity index (χ4n) is 2.37. The predicted octanol–water partition coefficient (Wildman–Crippen LogP) is 1.79. The third-order valence-electron chi connectivity index (χ3n) is 3.70. The summed E-state index contributed by atoms with van der Waals surface area (Å²) in [6, 6.07) is 7.20. The topological polar surface area (TPSA) is 108 Å². The number of carbonyl (C=O) groups is 2. The standard InChI is InChI=1S/C19H26N4O3/c1-4-26-18-7-6-14(2)10-17(18)15(3)22-19(25)16(11-21)12-23(13-24)9-5-8-20/h6-7,10,12-13,15H,4-5,8-9,20H2,1-3H3,(H,22,25)/b16-12-. The molecule has 1 unspecified atom stereocenters. The third-order valence-corrected chi connectivity index (χ3v) is 3.70. The Morgan fingerprint density at radius 3 is 2.81 bits per heavy atom. The van der Waals surface area contributed by atoms with Gasteiger partial charge in [0.1, 0.15) is 17.4 Å². The zero-order valence-electron chi connectivity index (χ0n) is 15.5. The lowest BCUT2D eigenvalue weighted by Crippen LogP contribution is -2.29. The first-order valence-corrected chi connectivity index (χ1v) is 8.54. The molecule has 1 aromatic rings. The van der Waals surface area contributed by atoms with Crippen LogP contribution in [0.2, 0.25) is 0 Å². The van der Waals surface area contributed by atoms with E-state index in [1.165, 1.54) is 11.1 Å². The molecule has 26 heavy (non-hydrogen) atoms. The molecule has 3 N–H and O–H groups in total. The smallest absolute Gasteiger partial charge is 0.263 e. The van der Waals surface area contributed by atoms with Crippen molar-refractivity contribution in [2.45, 2.75) is 33.2 Å². The van der Waals surface area contributed by atoms with E-state index in [1.54, 1.807) is 0 Å². The first-order chi connectivity index (χ1) is 12.5. The highest BCUT2D eigenvalue weighted by atomic mass is 16.5. The molecule has 0 spiro atoms. The van der Waals surface area contributed by atoms with Crippen LogP contribution in [0.15, 0.2) is 30.0 Å². The second-order valence-corrected chi connectivity index (χ2v) is 5.81. The van der Waals surface area contributed by atoms with E-state index in [4.69, 9.17) is 10.5 Å². The third kappa shape index (κ3) is 6.22. The van der Waals surface area contributed by atoms with Crippen molar-refractivity contribution in [3.8, 4) is 11.8 Å². The molecule has 0 saturated carbocycles. The molecule has 0 radical (unpaired) electrons. The highest BCUT2D eigenvalue weighted by Gasteiger charge is 2.18. The van der Waals surface area contributed by atoms with Gasteiger partial charge in [0.05, 0.1) is 12.6 Å². The quantitative estimate of drug-likeness (QED) is 0.376. The van der Waals surface area contributed by atoms with E-state index < -0.39 is 5.91 Å². The molecule has 7 heteroatoms. The molecule has 0 saturated heterocycles.